The quantitative estimate of drug-likeness (QED) is 0.382. The SMILES string of the molecule is COP(Oc1c(C)cc(C(C)(C)C)cc1C(C)(C)C)Oc1c(C)cc(C(C)(C)C)cc1C(C)(C)C. The van der Waals surface area contributed by atoms with Gasteiger partial charge in [0.2, 0.25) is 0 Å². The first-order valence-electron chi connectivity index (χ1n) is 12.7. The lowest BCUT2D eigenvalue weighted by atomic mass is 9.79. The molecule has 0 bridgehead atoms. The van der Waals surface area contributed by atoms with Crippen LogP contribution >= 0.6 is 8.60 Å². The van der Waals surface area contributed by atoms with Gasteiger partial charge in [0.15, 0.2) is 0 Å². The van der Waals surface area contributed by atoms with Crippen LogP contribution in [0, 0.1) is 13.8 Å². The minimum absolute atomic E-state index is 0.0549. The Morgan fingerprint density at radius 3 is 1.06 bits per heavy atom. The summed E-state index contributed by atoms with van der Waals surface area (Å²) in [5.74, 6) is 1.72. The summed E-state index contributed by atoms with van der Waals surface area (Å²) >= 11 is 0. The smallest absolute Gasteiger partial charge is 0.417 e. The van der Waals surface area contributed by atoms with Crippen LogP contribution in [0.3, 0.4) is 0 Å². The molecule has 0 saturated carbocycles. The highest BCUT2D eigenvalue weighted by molar-refractivity contribution is 7.42. The molecule has 2 aromatic carbocycles. The fourth-order valence-corrected chi connectivity index (χ4v) is 4.98. The van der Waals surface area contributed by atoms with Crippen LogP contribution in [-0.4, -0.2) is 7.11 Å². The molecule has 2 rings (SSSR count). The lowest BCUT2D eigenvalue weighted by Gasteiger charge is -2.31. The zero-order chi connectivity index (χ0) is 27.1. The van der Waals surface area contributed by atoms with Crippen LogP contribution in [0.1, 0.15) is 116 Å². The fourth-order valence-electron chi connectivity index (χ4n) is 4.01. The minimum Gasteiger partial charge on any atom is -0.417 e. The average Bonchev–Trinajstić information content (AvgIpc) is 2.66. The molecule has 0 aliphatic heterocycles. The summed E-state index contributed by atoms with van der Waals surface area (Å²) in [4.78, 5) is 0. The van der Waals surface area contributed by atoms with Gasteiger partial charge < -0.3 is 9.05 Å². The molecule has 0 amide bonds. The Morgan fingerprint density at radius 1 is 0.514 bits per heavy atom. The van der Waals surface area contributed by atoms with Crippen molar-refractivity contribution in [1.29, 1.82) is 0 Å². The van der Waals surface area contributed by atoms with Gasteiger partial charge in [-0.3, -0.25) is 4.52 Å². The maximum absolute atomic E-state index is 6.56. The Hall–Kier alpha value is -1.57. The van der Waals surface area contributed by atoms with Crippen molar-refractivity contribution in [2.45, 2.75) is 119 Å². The standard InChI is InChI=1S/C31H49O3P/c1-20-16-22(28(3,4)5)18-24(30(9,10)11)26(20)33-35(32-15)34-27-21(2)17-23(29(6,7)8)19-25(27)31(12,13)14/h16-19H,1-15H3. The van der Waals surface area contributed by atoms with Crippen LogP contribution in [-0.2, 0) is 26.2 Å². The second-order valence-corrected chi connectivity index (χ2v) is 15.1. The van der Waals surface area contributed by atoms with E-state index in [1.165, 1.54) is 22.3 Å². The molecule has 0 N–H and O–H groups in total. The summed E-state index contributed by atoms with van der Waals surface area (Å²) in [5.41, 5.74) is 7.10. The molecule has 4 heteroatoms. The van der Waals surface area contributed by atoms with Gasteiger partial charge in [0.1, 0.15) is 11.5 Å². The number of hydrogen-bond acceptors (Lipinski definition) is 3. The van der Waals surface area contributed by atoms with Gasteiger partial charge in [-0.15, -0.1) is 0 Å². The van der Waals surface area contributed by atoms with Crippen molar-refractivity contribution in [3.05, 3.63) is 57.6 Å². The Morgan fingerprint density at radius 2 is 0.829 bits per heavy atom. The summed E-state index contributed by atoms with van der Waals surface area (Å²) in [5, 5.41) is 0. The molecule has 0 aliphatic rings. The normalized spacial score (nSPS) is 13.4. The molecule has 0 heterocycles. The van der Waals surface area contributed by atoms with Crippen LogP contribution in [0.5, 0.6) is 11.5 Å². The highest BCUT2D eigenvalue weighted by Crippen LogP contribution is 2.49. The van der Waals surface area contributed by atoms with E-state index >= 15 is 0 Å². The lowest BCUT2D eigenvalue weighted by molar-refractivity contribution is 0.316. The molecule has 0 fully saturated rings. The van der Waals surface area contributed by atoms with Crippen LogP contribution in [0.25, 0.3) is 0 Å². The molecule has 0 spiro atoms. The van der Waals surface area contributed by atoms with Crippen molar-refractivity contribution in [3.63, 3.8) is 0 Å². The second-order valence-electron chi connectivity index (χ2n) is 13.9. The monoisotopic (exact) mass is 500 g/mol. The number of benzene rings is 2. The molecule has 0 radical (unpaired) electrons. The van der Waals surface area contributed by atoms with Gasteiger partial charge in [0.05, 0.1) is 0 Å². The van der Waals surface area contributed by atoms with Gasteiger partial charge >= 0.3 is 8.60 Å². The first-order valence-corrected chi connectivity index (χ1v) is 13.8. The number of aryl methyl sites for hydroxylation is 2. The van der Waals surface area contributed by atoms with E-state index in [9.17, 15) is 0 Å². The molecular weight excluding hydrogens is 451 g/mol. The van der Waals surface area contributed by atoms with E-state index < -0.39 is 8.60 Å². The fraction of sp³-hybridized carbons (Fsp3) is 0.613. The molecule has 3 nitrogen and oxygen atoms in total. The molecule has 0 saturated heterocycles. The van der Waals surface area contributed by atoms with E-state index in [0.29, 0.717) is 0 Å². The maximum atomic E-state index is 6.56. The number of hydrogen-bond donors (Lipinski definition) is 0. The topological polar surface area (TPSA) is 27.7 Å². The van der Waals surface area contributed by atoms with Gasteiger partial charge in [0.25, 0.3) is 0 Å². The molecule has 0 atom stereocenters. The Labute approximate surface area is 217 Å². The highest BCUT2D eigenvalue weighted by Gasteiger charge is 2.31. The largest absolute Gasteiger partial charge is 0.462 e. The van der Waals surface area contributed by atoms with Crippen molar-refractivity contribution in [3.8, 4) is 11.5 Å². The summed E-state index contributed by atoms with van der Waals surface area (Å²) in [6.07, 6.45) is 0. The summed E-state index contributed by atoms with van der Waals surface area (Å²) in [7, 11) is 0.0180. The zero-order valence-corrected chi connectivity index (χ0v) is 25.9. The predicted octanol–water partition coefficient (Wildman–Crippen LogP) is 9.82. The van der Waals surface area contributed by atoms with Gasteiger partial charge in [-0.05, 0) is 57.8 Å². The first kappa shape index (κ1) is 29.7. The van der Waals surface area contributed by atoms with Gasteiger partial charge in [-0.1, -0.05) is 107 Å². The molecular formula is C31H49O3P. The number of rotatable bonds is 5. The third kappa shape index (κ3) is 7.23. The van der Waals surface area contributed by atoms with Crippen molar-refractivity contribution in [1.82, 2.24) is 0 Å². The lowest BCUT2D eigenvalue weighted by Crippen LogP contribution is -2.19. The highest BCUT2D eigenvalue weighted by atomic mass is 31.2. The molecule has 0 aliphatic carbocycles. The molecule has 2 aromatic rings. The summed E-state index contributed by atoms with van der Waals surface area (Å²) < 4.78 is 18.9. The molecule has 0 aromatic heterocycles. The summed E-state index contributed by atoms with van der Waals surface area (Å²) in [6.45, 7) is 31.1. The Kier molecular flexibility index (Phi) is 8.53. The van der Waals surface area contributed by atoms with E-state index in [1.54, 1.807) is 7.11 Å². The molecule has 0 unspecified atom stereocenters. The minimum atomic E-state index is -1.65. The third-order valence-electron chi connectivity index (χ3n) is 6.38. The Balaban J connectivity index is 2.58. The van der Waals surface area contributed by atoms with E-state index in [0.717, 1.165) is 22.6 Å². The maximum Gasteiger partial charge on any atom is 0.462 e. The molecule has 35 heavy (non-hydrogen) atoms. The van der Waals surface area contributed by atoms with E-state index in [4.69, 9.17) is 13.6 Å². The van der Waals surface area contributed by atoms with Crippen LogP contribution in [0.15, 0.2) is 24.3 Å². The van der Waals surface area contributed by atoms with E-state index in [-0.39, 0.29) is 21.7 Å². The Bertz CT molecular complexity index is 958. The van der Waals surface area contributed by atoms with Crippen molar-refractivity contribution in [2.75, 3.05) is 7.11 Å². The van der Waals surface area contributed by atoms with Gasteiger partial charge in [-0.2, -0.15) is 0 Å². The van der Waals surface area contributed by atoms with Gasteiger partial charge in [-0.25, -0.2) is 0 Å². The van der Waals surface area contributed by atoms with E-state index in [1.807, 2.05) is 0 Å². The molecule has 196 valence electrons. The van der Waals surface area contributed by atoms with Crippen LogP contribution in [0.4, 0.5) is 0 Å². The van der Waals surface area contributed by atoms with Gasteiger partial charge in [0, 0.05) is 18.2 Å². The predicted molar refractivity (Wildman–Crippen MR) is 152 cm³/mol. The van der Waals surface area contributed by atoms with Crippen LogP contribution < -0.4 is 9.05 Å². The van der Waals surface area contributed by atoms with Crippen LogP contribution in [0.2, 0.25) is 0 Å². The van der Waals surface area contributed by atoms with Crippen molar-refractivity contribution < 1.29 is 13.6 Å². The first-order chi connectivity index (χ1) is 15.7. The second kappa shape index (κ2) is 10.1. The van der Waals surface area contributed by atoms with Crippen molar-refractivity contribution in [2.24, 2.45) is 0 Å². The summed E-state index contributed by atoms with van der Waals surface area (Å²) in [6, 6.07) is 9.04. The zero-order valence-electron chi connectivity index (χ0n) is 25.0. The average molecular weight is 501 g/mol. The van der Waals surface area contributed by atoms with Crippen molar-refractivity contribution >= 4 is 8.60 Å². The third-order valence-corrected chi connectivity index (χ3v) is 7.34. The van der Waals surface area contributed by atoms with E-state index in [2.05, 4.69) is 121 Å².